The summed E-state index contributed by atoms with van der Waals surface area (Å²) in [5, 5.41) is 3.32. The van der Waals surface area contributed by atoms with Crippen molar-refractivity contribution in [3.05, 3.63) is 35.6 Å². The Morgan fingerprint density at radius 1 is 1.47 bits per heavy atom. The van der Waals surface area contributed by atoms with Crippen LogP contribution in [0.25, 0.3) is 0 Å². The van der Waals surface area contributed by atoms with Gasteiger partial charge in [-0.2, -0.15) is 0 Å². The average molecular weight is 208 g/mol. The lowest BCUT2D eigenvalue weighted by Gasteiger charge is -2.35. The van der Waals surface area contributed by atoms with Crippen LogP contribution in [0, 0.1) is 5.82 Å². The molecule has 1 heterocycles. The van der Waals surface area contributed by atoms with E-state index >= 15 is 0 Å². The van der Waals surface area contributed by atoms with Gasteiger partial charge in [-0.25, -0.2) is 4.39 Å². The fourth-order valence-electron chi connectivity index (χ4n) is 2.18. The summed E-state index contributed by atoms with van der Waals surface area (Å²) in [5.74, 6) is -0.0929. The van der Waals surface area contributed by atoms with Crippen LogP contribution in [0.2, 0.25) is 0 Å². The standard InChI is InChI=1S/C12H17FN2/c1-2-15-8-7-14-9-12(15)10-5-3-4-6-11(10)13/h3-6,12,14H,2,7-9H2,1H3. The van der Waals surface area contributed by atoms with Crippen molar-refractivity contribution in [2.45, 2.75) is 13.0 Å². The third-order valence-corrected chi connectivity index (χ3v) is 3.02. The molecule has 2 rings (SSSR count). The molecule has 0 bridgehead atoms. The van der Waals surface area contributed by atoms with E-state index in [1.165, 1.54) is 6.07 Å². The smallest absolute Gasteiger partial charge is 0.128 e. The SMILES string of the molecule is CCN1CCNCC1c1ccccc1F. The third kappa shape index (κ3) is 2.19. The number of hydrogen-bond donors (Lipinski definition) is 1. The van der Waals surface area contributed by atoms with Gasteiger partial charge in [-0.15, -0.1) is 0 Å². The topological polar surface area (TPSA) is 15.3 Å². The van der Waals surface area contributed by atoms with E-state index in [0.717, 1.165) is 31.7 Å². The molecule has 0 saturated carbocycles. The van der Waals surface area contributed by atoms with Gasteiger partial charge < -0.3 is 5.32 Å². The van der Waals surface area contributed by atoms with Crippen molar-refractivity contribution in [3.63, 3.8) is 0 Å². The summed E-state index contributed by atoms with van der Waals surface area (Å²) in [6.45, 7) is 5.93. The van der Waals surface area contributed by atoms with Crippen LogP contribution in [0.4, 0.5) is 4.39 Å². The van der Waals surface area contributed by atoms with Crippen molar-refractivity contribution < 1.29 is 4.39 Å². The minimum Gasteiger partial charge on any atom is -0.314 e. The third-order valence-electron chi connectivity index (χ3n) is 3.02. The van der Waals surface area contributed by atoms with E-state index in [1.807, 2.05) is 12.1 Å². The van der Waals surface area contributed by atoms with Gasteiger partial charge in [-0.05, 0) is 12.6 Å². The highest BCUT2D eigenvalue weighted by Crippen LogP contribution is 2.23. The molecule has 1 aromatic rings. The van der Waals surface area contributed by atoms with E-state index in [1.54, 1.807) is 6.07 Å². The largest absolute Gasteiger partial charge is 0.314 e. The van der Waals surface area contributed by atoms with Crippen LogP contribution in [0.5, 0.6) is 0 Å². The molecule has 1 saturated heterocycles. The Hall–Kier alpha value is -0.930. The van der Waals surface area contributed by atoms with Gasteiger partial charge in [-0.1, -0.05) is 25.1 Å². The first-order chi connectivity index (χ1) is 7.33. The van der Waals surface area contributed by atoms with Gasteiger partial charge in [-0.3, -0.25) is 4.90 Å². The highest BCUT2D eigenvalue weighted by molar-refractivity contribution is 5.22. The molecule has 1 fully saturated rings. The molecule has 0 radical (unpaired) electrons. The Kier molecular flexibility index (Phi) is 3.34. The van der Waals surface area contributed by atoms with E-state index in [9.17, 15) is 4.39 Å². The molecular formula is C12H17FN2. The molecule has 82 valence electrons. The van der Waals surface area contributed by atoms with Gasteiger partial charge in [0.2, 0.25) is 0 Å². The van der Waals surface area contributed by atoms with Crippen molar-refractivity contribution in [2.24, 2.45) is 0 Å². The quantitative estimate of drug-likeness (QED) is 0.797. The molecule has 0 spiro atoms. The van der Waals surface area contributed by atoms with Gasteiger partial charge in [0, 0.05) is 25.2 Å². The summed E-state index contributed by atoms with van der Waals surface area (Å²) >= 11 is 0. The lowest BCUT2D eigenvalue weighted by atomic mass is 10.0. The molecule has 3 heteroatoms. The number of likely N-dealkylation sites (N-methyl/N-ethyl adjacent to an activating group) is 1. The number of nitrogens with zero attached hydrogens (tertiary/aromatic N) is 1. The van der Waals surface area contributed by atoms with Crippen LogP contribution in [0.3, 0.4) is 0 Å². The molecule has 2 nitrogen and oxygen atoms in total. The predicted molar refractivity (Wildman–Crippen MR) is 59.3 cm³/mol. The first kappa shape index (κ1) is 10.6. The second kappa shape index (κ2) is 4.73. The fourth-order valence-corrected chi connectivity index (χ4v) is 2.18. The summed E-state index contributed by atoms with van der Waals surface area (Å²) in [7, 11) is 0. The van der Waals surface area contributed by atoms with Crippen LogP contribution < -0.4 is 5.32 Å². The number of rotatable bonds is 2. The normalized spacial score (nSPS) is 22.9. The van der Waals surface area contributed by atoms with Crippen molar-refractivity contribution in [3.8, 4) is 0 Å². The maximum absolute atomic E-state index is 13.6. The molecule has 1 atom stereocenters. The van der Waals surface area contributed by atoms with Crippen molar-refractivity contribution in [1.29, 1.82) is 0 Å². The number of hydrogen-bond acceptors (Lipinski definition) is 2. The maximum Gasteiger partial charge on any atom is 0.128 e. The van der Waals surface area contributed by atoms with Crippen LogP contribution in [0.15, 0.2) is 24.3 Å². The first-order valence-electron chi connectivity index (χ1n) is 5.52. The molecule has 1 aliphatic heterocycles. The number of nitrogens with one attached hydrogen (secondary N) is 1. The first-order valence-corrected chi connectivity index (χ1v) is 5.52. The Morgan fingerprint density at radius 3 is 3.00 bits per heavy atom. The molecule has 1 aliphatic rings. The maximum atomic E-state index is 13.6. The highest BCUT2D eigenvalue weighted by Gasteiger charge is 2.24. The zero-order valence-electron chi connectivity index (χ0n) is 9.04. The Morgan fingerprint density at radius 2 is 2.27 bits per heavy atom. The van der Waals surface area contributed by atoms with E-state index in [-0.39, 0.29) is 11.9 Å². The van der Waals surface area contributed by atoms with Crippen LogP contribution in [-0.4, -0.2) is 31.1 Å². The zero-order valence-corrected chi connectivity index (χ0v) is 9.04. The van der Waals surface area contributed by atoms with E-state index in [0.29, 0.717) is 0 Å². The van der Waals surface area contributed by atoms with Gasteiger partial charge >= 0.3 is 0 Å². The van der Waals surface area contributed by atoms with Crippen LogP contribution >= 0.6 is 0 Å². The average Bonchev–Trinajstić information content (AvgIpc) is 2.30. The summed E-state index contributed by atoms with van der Waals surface area (Å²) < 4.78 is 13.6. The Bertz CT molecular complexity index is 327. The number of halogens is 1. The second-order valence-electron chi connectivity index (χ2n) is 3.87. The zero-order chi connectivity index (χ0) is 10.7. The van der Waals surface area contributed by atoms with Gasteiger partial charge in [0.25, 0.3) is 0 Å². The molecule has 0 amide bonds. The predicted octanol–water partition coefficient (Wildman–Crippen LogP) is 1.79. The number of benzene rings is 1. The molecule has 1 N–H and O–H groups in total. The molecular weight excluding hydrogens is 191 g/mol. The molecule has 1 unspecified atom stereocenters. The Labute approximate surface area is 90.1 Å². The van der Waals surface area contributed by atoms with Crippen molar-refractivity contribution in [1.82, 2.24) is 10.2 Å². The lowest BCUT2D eigenvalue weighted by Crippen LogP contribution is -2.46. The summed E-state index contributed by atoms with van der Waals surface area (Å²) in [6.07, 6.45) is 0. The molecule has 15 heavy (non-hydrogen) atoms. The second-order valence-corrected chi connectivity index (χ2v) is 3.87. The van der Waals surface area contributed by atoms with Gasteiger partial charge in [0.1, 0.15) is 5.82 Å². The summed E-state index contributed by atoms with van der Waals surface area (Å²) in [6, 6.07) is 7.25. The highest BCUT2D eigenvalue weighted by atomic mass is 19.1. The molecule has 1 aromatic carbocycles. The van der Waals surface area contributed by atoms with Crippen molar-refractivity contribution in [2.75, 3.05) is 26.2 Å². The number of piperazine rings is 1. The van der Waals surface area contributed by atoms with E-state index < -0.39 is 0 Å². The van der Waals surface area contributed by atoms with Crippen LogP contribution in [-0.2, 0) is 0 Å². The van der Waals surface area contributed by atoms with E-state index in [2.05, 4.69) is 17.1 Å². The summed E-state index contributed by atoms with van der Waals surface area (Å²) in [4.78, 5) is 2.31. The molecule has 0 aliphatic carbocycles. The minimum absolute atomic E-state index is 0.0929. The lowest BCUT2D eigenvalue weighted by molar-refractivity contribution is 0.167. The van der Waals surface area contributed by atoms with Crippen LogP contribution in [0.1, 0.15) is 18.5 Å². The van der Waals surface area contributed by atoms with E-state index in [4.69, 9.17) is 0 Å². The monoisotopic (exact) mass is 208 g/mol. The Balaban J connectivity index is 2.24. The fraction of sp³-hybridized carbons (Fsp3) is 0.500. The summed E-state index contributed by atoms with van der Waals surface area (Å²) in [5.41, 5.74) is 0.812. The minimum atomic E-state index is -0.0929. The van der Waals surface area contributed by atoms with Gasteiger partial charge in [0.15, 0.2) is 0 Å². The molecule has 0 aromatic heterocycles. The van der Waals surface area contributed by atoms with Gasteiger partial charge in [0.05, 0.1) is 6.04 Å². The van der Waals surface area contributed by atoms with Crippen molar-refractivity contribution >= 4 is 0 Å².